The van der Waals surface area contributed by atoms with Gasteiger partial charge in [0.15, 0.2) is 4.32 Å². The first-order chi connectivity index (χ1) is 5.07. The van der Waals surface area contributed by atoms with E-state index in [1.165, 1.54) is 0 Å². The van der Waals surface area contributed by atoms with Gasteiger partial charge in [-0.3, -0.25) is 5.01 Å². The van der Waals surface area contributed by atoms with Gasteiger partial charge in [-0.1, -0.05) is 30.9 Å². The molecule has 0 bridgehead atoms. The summed E-state index contributed by atoms with van der Waals surface area (Å²) >= 11 is 6.71. The van der Waals surface area contributed by atoms with Crippen molar-refractivity contribution in [1.82, 2.24) is 5.01 Å². The van der Waals surface area contributed by atoms with E-state index in [1.807, 2.05) is 20.9 Å². The topological polar surface area (TPSA) is 15.6 Å². The molecule has 0 N–H and O–H groups in total. The molecule has 0 aliphatic carbocycles. The Bertz CT molecular complexity index is 162. The van der Waals surface area contributed by atoms with Crippen molar-refractivity contribution >= 4 is 34.0 Å². The molecule has 4 heteroatoms. The first-order valence-corrected chi connectivity index (χ1v) is 4.89. The predicted octanol–water partition coefficient (Wildman–Crippen LogP) is 2.35. The number of hydrogen-bond acceptors (Lipinski definition) is 3. The van der Waals surface area contributed by atoms with Crippen molar-refractivity contribution in [3.8, 4) is 0 Å². The smallest absolute Gasteiger partial charge is 0.156 e. The molecular formula is C7H14N2S2. The van der Waals surface area contributed by atoms with Crippen LogP contribution in [0.2, 0.25) is 0 Å². The molecular weight excluding hydrogens is 176 g/mol. The lowest BCUT2D eigenvalue weighted by atomic mass is 10.5. The maximum Gasteiger partial charge on any atom is 0.156 e. The summed E-state index contributed by atoms with van der Waals surface area (Å²) < 4.78 is 0.828. The number of nitrogens with zero attached hydrogens (tertiary/aromatic N) is 2. The lowest BCUT2D eigenvalue weighted by Crippen LogP contribution is -2.17. The molecule has 0 radical (unpaired) electrons. The van der Waals surface area contributed by atoms with Gasteiger partial charge in [-0.2, -0.15) is 5.10 Å². The van der Waals surface area contributed by atoms with Crippen LogP contribution in [0.15, 0.2) is 5.10 Å². The van der Waals surface area contributed by atoms with Gasteiger partial charge >= 0.3 is 0 Å². The van der Waals surface area contributed by atoms with E-state index in [9.17, 15) is 0 Å². The van der Waals surface area contributed by atoms with Crippen LogP contribution in [-0.4, -0.2) is 27.8 Å². The number of thiocarbonyl (C=S) groups is 1. The Labute approximate surface area is 78.0 Å². The van der Waals surface area contributed by atoms with E-state index < -0.39 is 0 Å². The van der Waals surface area contributed by atoms with Crippen LogP contribution >= 0.6 is 24.0 Å². The van der Waals surface area contributed by atoms with Gasteiger partial charge in [-0.25, -0.2) is 0 Å². The van der Waals surface area contributed by atoms with Crippen molar-refractivity contribution in [2.75, 3.05) is 12.8 Å². The first-order valence-electron chi connectivity index (χ1n) is 3.50. The quantitative estimate of drug-likeness (QED) is 0.377. The molecule has 0 saturated carbocycles. The predicted molar refractivity (Wildman–Crippen MR) is 57.3 cm³/mol. The summed E-state index contributed by atoms with van der Waals surface area (Å²) in [5.74, 6) is 1.00. The fourth-order valence-electron chi connectivity index (χ4n) is 0.558. The molecule has 0 rings (SSSR count). The molecule has 64 valence electrons. The van der Waals surface area contributed by atoms with Crippen LogP contribution in [-0.2, 0) is 0 Å². The number of thioether (sulfide) groups is 1. The Morgan fingerprint density at radius 2 is 2.09 bits per heavy atom. The van der Waals surface area contributed by atoms with Crippen molar-refractivity contribution in [3.05, 3.63) is 0 Å². The largest absolute Gasteiger partial charge is 0.252 e. The molecule has 11 heavy (non-hydrogen) atoms. The Morgan fingerprint density at radius 1 is 1.55 bits per heavy atom. The monoisotopic (exact) mass is 190 g/mol. The van der Waals surface area contributed by atoms with Crippen molar-refractivity contribution in [2.45, 2.75) is 20.8 Å². The van der Waals surface area contributed by atoms with Crippen LogP contribution in [0.5, 0.6) is 0 Å². The standard InChI is InChI=1S/C7H14N2S2/c1-5-11-7(10)9(4)8-6(2)3/h5H2,1-4H3. The molecule has 0 aliphatic heterocycles. The van der Waals surface area contributed by atoms with Crippen molar-refractivity contribution in [2.24, 2.45) is 5.10 Å². The summed E-state index contributed by atoms with van der Waals surface area (Å²) in [5, 5.41) is 5.92. The third-order valence-corrected chi connectivity index (χ3v) is 2.30. The average Bonchev–Trinajstić information content (AvgIpc) is 1.86. The van der Waals surface area contributed by atoms with E-state index in [1.54, 1.807) is 16.8 Å². The van der Waals surface area contributed by atoms with Gasteiger partial charge in [0.2, 0.25) is 0 Å². The van der Waals surface area contributed by atoms with E-state index in [2.05, 4.69) is 12.0 Å². The van der Waals surface area contributed by atoms with Crippen molar-refractivity contribution in [1.29, 1.82) is 0 Å². The van der Waals surface area contributed by atoms with Gasteiger partial charge in [0, 0.05) is 12.8 Å². The van der Waals surface area contributed by atoms with E-state index >= 15 is 0 Å². The van der Waals surface area contributed by atoms with Gasteiger partial charge in [0.05, 0.1) is 0 Å². The Morgan fingerprint density at radius 3 is 2.45 bits per heavy atom. The highest BCUT2D eigenvalue weighted by Crippen LogP contribution is 2.07. The second kappa shape index (κ2) is 5.55. The first kappa shape index (κ1) is 10.9. The Hall–Kier alpha value is -0.0900. The SMILES string of the molecule is CCSC(=S)N(C)N=C(C)C. The molecule has 0 aromatic rings. The van der Waals surface area contributed by atoms with Gasteiger partial charge in [-0.05, 0) is 19.6 Å². The zero-order chi connectivity index (χ0) is 8.85. The van der Waals surface area contributed by atoms with Gasteiger partial charge in [-0.15, -0.1) is 0 Å². The fourth-order valence-corrected chi connectivity index (χ4v) is 1.43. The Kier molecular flexibility index (Phi) is 5.50. The minimum absolute atomic E-state index is 0.828. The average molecular weight is 190 g/mol. The highest BCUT2D eigenvalue weighted by molar-refractivity contribution is 8.22. The minimum atomic E-state index is 0.828. The zero-order valence-corrected chi connectivity index (χ0v) is 9.05. The van der Waals surface area contributed by atoms with Crippen LogP contribution in [0, 0.1) is 0 Å². The van der Waals surface area contributed by atoms with E-state index in [-0.39, 0.29) is 0 Å². The summed E-state index contributed by atoms with van der Waals surface area (Å²) in [5.41, 5.74) is 1.02. The lowest BCUT2D eigenvalue weighted by Gasteiger charge is -2.12. The summed E-state index contributed by atoms with van der Waals surface area (Å²) in [4.78, 5) is 0. The second-order valence-electron chi connectivity index (χ2n) is 2.27. The molecule has 0 aromatic carbocycles. The van der Waals surface area contributed by atoms with Crippen LogP contribution in [0.3, 0.4) is 0 Å². The molecule has 0 fully saturated rings. The normalized spacial score (nSPS) is 9.09. The molecule has 0 aromatic heterocycles. The van der Waals surface area contributed by atoms with Crippen molar-refractivity contribution < 1.29 is 0 Å². The molecule has 0 unspecified atom stereocenters. The Balaban J connectivity index is 3.93. The van der Waals surface area contributed by atoms with E-state index in [4.69, 9.17) is 12.2 Å². The van der Waals surface area contributed by atoms with Crippen molar-refractivity contribution in [3.63, 3.8) is 0 Å². The summed E-state index contributed by atoms with van der Waals surface area (Å²) in [6.07, 6.45) is 0. The third-order valence-electron chi connectivity index (χ3n) is 0.882. The summed E-state index contributed by atoms with van der Waals surface area (Å²) in [6, 6.07) is 0. The fraction of sp³-hybridized carbons (Fsp3) is 0.714. The van der Waals surface area contributed by atoms with Crippen LogP contribution in [0.1, 0.15) is 20.8 Å². The number of rotatable bonds is 2. The van der Waals surface area contributed by atoms with Gasteiger partial charge in [0.25, 0.3) is 0 Å². The van der Waals surface area contributed by atoms with E-state index in [0.717, 1.165) is 15.8 Å². The van der Waals surface area contributed by atoms with Crippen LogP contribution < -0.4 is 0 Å². The lowest BCUT2D eigenvalue weighted by molar-refractivity contribution is 0.564. The summed E-state index contributed by atoms with van der Waals surface area (Å²) in [6.45, 7) is 5.98. The molecule has 0 atom stereocenters. The zero-order valence-electron chi connectivity index (χ0n) is 7.42. The van der Waals surface area contributed by atoms with Crippen LogP contribution in [0.4, 0.5) is 0 Å². The van der Waals surface area contributed by atoms with Gasteiger partial charge in [0.1, 0.15) is 0 Å². The summed E-state index contributed by atoms with van der Waals surface area (Å²) in [7, 11) is 1.87. The molecule has 0 aliphatic rings. The van der Waals surface area contributed by atoms with Crippen LogP contribution in [0.25, 0.3) is 0 Å². The maximum atomic E-state index is 5.08. The number of hydrazone groups is 1. The van der Waals surface area contributed by atoms with E-state index in [0.29, 0.717) is 0 Å². The molecule has 0 heterocycles. The molecule has 2 nitrogen and oxygen atoms in total. The second-order valence-corrected chi connectivity index (χ2v) is 4.17. The molecule has 0 spiro atoms. The highest BCUT2D eigenvalue weighted by Gasteiger charge is 2.00. The molecule has 0 amide bonds. The van der Waals surface area contributed by atoms with Gasteiger partial charge < -0.3 is 0 Å². The number of hydrogen-bond donors (Lipinski definition) is 0. The third kappa shape index (κ3) is 5.21. The highest BCUT2D eigenvalue weighted by atomic mass is 32.2. The minimum Gasteiger partial charge on any atom is -0.252 e. The molecule has 0 saturated heterocycles. The maximum absolute atomic E-state index is 5.08.